The Bertz CT molecular complexity index is 744. The van der Waals surface area contributed by atoms with Crippen LogP contribution in [0.2, 0.25) is 0 Å². The number of sulfone groups is 1. The molecule has 1 aromatic carbocycles. The van der Waals surface area contributed by atoms with Crippen molar-refractivity contribution in [2.75, 3.05) is 6.26 Å². The number of sulfonamides is 1. The van der Waals surface area contributed by atoms with Gasteiger partial charge in [0.2, 0.25) is 0 Å². The minimum absolute atomic E-state index is 0.146. The van der Waals surface area contributed by atoms with E-state index in [1.807, 2.05) is 0 Å². The Morgan fingerprint density at radius 2 is 1.62 bits per heavy atom. The van der Waals surface area contributed by atoms with Crippen molar-refractivity contribution in [2.45, 2.75) is 30.6 Å². The van der Waals surface area contributed by atoms with Crippen molar-refractivity contribution < 1.29 is 26.5 Å². The third kappa shape index (κ3) is 4.80. The van der Waals surface area contributed by atoms with Gasteiger partial charge in [-0.25, -0.2) is 21.6 Å². The van der Waals surface area contributed by atoms with Gasteiger partial charge in [-0.05, 0) is 43.9 Å². The fourth-order valence-electron chi connectivity index (χ4n) is 1.17. The SMILES string of the molecule is CC(C)(C)C(=O)ONS(=O)(=O)c1cccc(S(C)(=O)=O)c1. The first kappa shape index (κ1) is 17.6. The van der Waals surface area contributed by atoms with Crippen LogP contribution >= 0.6 is 0 Å². The number of carbonyl (C=O) groups is 1. The molecule has 0 amide bonds. The predicted octanol–water partition coefficient (Wildman–Crippen LogP) is 0.873. The van der Waals surface area contributed by atoms with E-state index in [1.165, 1.54) is 18.2 Å². The maximum atomic E-state index is 12.0. The molecule has 0 heterocycles. The summed E-state index contributed by atoms with van der Waals surface area (Å²) < 4.78 is 46.7. The molecule has 0 aliphatic rings. The number of nitrogens with one attached hydrogen (secondary N) is 1. The topological polar surface area (TPSA) is 107 Å². The molecule has 0 saturated carbocycles. The lowest BCUT2D eigenvalue weighted by Crippen LogP contribution is -2.33. The van der Waals surface area contributed by atoms with Crippen molar-refractivity contribution in [1.29, 1.82) is 0 Å². The second-order valence-electron chi connectivity index (χ2n) is 5.47. The van der Waals surface area contributed by atoms with Gasteiger partial charge >= 0.3 is 5.97 Å². The minimum Gasteiger partial charge on any atom is -0.355 e. The van der Waals surface area contributed by atoms with Crippen molar-refractivity contribution in [3.63, 3.8) is 0 Å². The van der Waals surface area contributed by atoms with Crippen LogP contribution in [-0.2, 0) is 29.5 Å². The number of hydrogen-bond donors (Lipinski definition) is 1. The Morgan fingerprint density at radius 3 is 2.10 bits per heavy atom. The number of hydrogen-bond acceptors (Lipinski definition) is 6. The fourth-order valence-corrected chi connectivity index (χ4v) is 2.73. The number of benzene rings is 1. The third-order valence-electron chi connectivity index (χ3n) is 2.40. The van der Waals surface area contributed by atoms with E-state index < -0.39 is 31.2 Å². The quantitative estimate of drug-likeness (QED) is 0.818. The van der Waals surface area contributed by atoms with Gasteiger partial charge in [0, 0.05) is 6.26 Å². The van der Waals surface area contributed by atoms with E-state index in [-0.39, 0.29) is 9.79 Å². The zero-order valence-electron chi connectivity index (χ0n) is 12.1. The molecule has 0 aliphatic heterocycles. The maximum Gasteiger partial charge on any atom is 0.331 e. The standard InChI is InChI=1S/C12H17NO6S2/c1-12(2,3)11(14)19-13-21(17,18)10-7-5-6-9(8-10)20(4,15)16/h5-8,13H,1-4H3. The first-order chi connectivity index (χ1) is 9.34. The zero-order chi connectivity index (χ0) is 16.5. The van der Waals surface area contributed by atoms with Crippen molar-refractivity contribution in [2.24, 2.45) is 5.41 Å². The second-order valence-corrected chi connectivity index (χ2v) is 9.13. The molecule has 0 aromatic heterocycles. The summed E-state index contributed by atoms with van der Waals surface area (Å²) in [6, 6.07) is 4.75. The minimum atomic E-state index is -4.16. The third-order valence-corrected chi connectivity index (χ3v) is 4.69. The van der Waals surface area contributed by atoms with Crippen LogP contribution in [-0.4, -0.2) is 29.1 Å². The molecule has 0 fully saturated rings. The molecule has 0 radical (unpaired) electrons. The van der Waals surface area contributed by atoms with Crippen LogP contribution < -0.4 is 4.89 Å². The number of carbonyl (C=O) groups excluding carboxylic acids is 1. The summed E-state index contributed by atoms with van der Waals surface area (Å²) in [7, 11) is -7.70. The summed E-state index contributed by atoms with van der Waals surface area (Å²) in [4.78, 5) is 17.3. The smallest absolute Gasteiger partial charge is 0.331 e. The van der Waals surface area contributed by atoms with Gasteiger partial charge in [0.25, 0.3) is 10.0 Å². The highest BCUT2D eigenvalue weighted by atomic mass is 32.2. The van der Waals surface area contributed by atoms with Crippen LogP contribution in [0.1, 0.15) is 20.8 Å². The van der Waals surface area contributed by atoms with Gasteiger partial charge in [-0.1, -0.05) is 6.07 Å². The monoisotopic (exact) mass is 335 g/mol. The lowest BCUT2D eigenvalue weighted by molar-refractivity contribution is -0.156. The van der Waals surface area contributed by atoms with Crippen LogP contribution in [0.5, 0.6) is 0 Å². The molecule has 1 N–H and O–H groups in total. The summed E-state index contributed by atoms with van der Waals surface area (Å²) >= 11 is 0. The van der Waals surface area contributed by atoms with Crippen LogP contribution in [0.15, 0.2) is 34.1 Å². The molecule has 0 unspecified atom stereocenters. The van der Waals surface area contributed by atoms with Crippen molar-refractivity contribution in [3.8, 4) is 0 Å². The van der Waals surface area contributed by atoms with E-state index in [4.69, 9.17) is 0 Å². The molecule has 1 rings (SSSR count). The molecule has 9 heteroatoms. The molecule has 0 bridgehead atoms. The van der Waals surface area contributed by atoms with Gasteiger partial charge in [0.1, 0.15) is 0 Å². The van der Waals surface area contributed by atoms with E-state index in [9.17, 15) is 21.6 Å². The van der Waals surface area contributed by atoms with Gasteiger partial charge in [0.05, 0.1) is 15.2 Å². The predicted molar refractivity (Wildman–Crippen MR) is 75.4 cm³/mol. The lowest BCUT2D eigenvalue weighted by Gasteiger charge is -2.16. The molecule has 21 heavy (non-hydrogen) atoms. The van der Waals surface area contributed by atoms with Gasteiger partial charge in [-0.2, -0.15) is 0 Å². The average Bonchev–Trinajstić information content (AvgIpc) is 2.34. The summed E-state index contributed by atoms with van der Waals surface area (Å²) in [6.07, 6.45) is 0.964. The molecule has 1 aromatic rings. The van der Waals surface area contributed by atoms with Gasteiger partial charge in [-0.15, -0.1) is 0 Å². The van der Waals surface area contributed by atoms with E-state index in [0.717, 1.165) is 12.3 Å². The number of rotatable bonds is 4. The van der Waals surface area contributed by atoms with Crippen LogP contribution in [0, 0.1) is 5.41 Å². The molecule has 0 saturated heterocycles. The molecule has 0 aliphatic carbocycles. The van der Waals surface area contributed by atoms with Gasteiger partial charge in [0.15, 0.2) is 9.84 Å². The Balaban J connectivity index is 3.02. The van der Waals surface area contributed by atoms with Crippen LogP contribution in [0.25, 0.3) is 0 Å². The Labute approximate surface area is 124 Å². The van der Waals surface area contributed by atoms with E-state index in [1.54, 1.807) is 25.7 Å². The van der Waals surface area contributed by atoms with Crippen LogP contribution in [0.3, 0.4) is 0 Å². The molecule has 7 nitrogen and oxygen atoms in total. The van der Waals surface area contributed by atoms with Crippen molar-refractivity contribution in [1.82, 2.24) is 4.89 Å². The highest BCUT2D eigenvalue weighted by Crippen LogP contribution is 2.17. The van der Waals surface area contributed by atoms with Crippen LogP contribution in [0.4, 0.5) is 0 Å². The summed E-state index contributed by atoms with van der Waals surface area (Å²) in [5, 5.41) is 0. The highest BCUT2D eigenvalue weighted by Gasteiger charge is 2.26. The van der Waals surface area contributed by atoms with E-state index >= 15 is 0 Å². The molecular weight excluding hydrogens is 318 g/mol. The summed E-state index contributed by atoms with van der Waals surface area (Å²) in [5.74, 6) is -0.759. The first-order valence-corrected chi connectivity index (χ1v) is 9.25. The van der Waals surface area contributed by atoms with E-state index in [0.29, 0.717) is 0 Å². The molecular formula is C12H17NO6S2. The Hall–Kier alpha value is -1.45. The van der Waals surface area contributed by atoms with E-state index in [2.05, 4.69) is 4.84 Å². The molecule has 118 valence electrons. The zero-order valence-corrected chi connectivity index (χ0v) is 13.7. The first-order valence-electron chi connectivity index (χ1n) is 5.87. The maximum absolute atomic E-state index is 12.0. The summed E-state index contributed by atoms with van der Waals surface area (Å²) in [5.41, 5.74) is -0.878. The lowest BCUT2D eigenvalue weighted by atomic mass is 9.98. The Morgan fingerprint density at radius 1 is 1.10 bits per heavy atom. The summed E-state index contributed by atoms with van der Waals surface area (Å²) in [6.45, 7) is 4.69. The second kappa shape index (κ2) is 5.74. The average molecular weight is 335 g/mol. The molecule has 0 spiro atoms. The van der Waals surface area contributed by atoms with Gasteiger partial charge in [-0.3, -0.25) is 0 Å². The van der Waals surface area contributed by atoms with Gasteiger partial charge < -0.3 is 4.84 Å². The Kier molecular flexibility index (Phi) is 4.81. The van der Waals surface area contributed by atoms with Crippen molar-refractivity contribution in [3.05, 3.63) is 24.3 Å². The fraction of sp³-hybridized carbons (Fsp3) is 0.417. The highest BCUT2D eigenvalue weighted by molar-refractivity contribution is 7.91. The molecule has 0 atom stereocenters. The normalized spacial score (nSPS) is 13.0. The largest absolute Gasteiger partial charge is 0.355 e. The van der Waals surface area contributed by atoms with Crippen molar-refractivity contribution >= 4 is 25.8 Å².